The zero-order valence-electron chi connectivity index (χ0n) is 12.0. The second kappa shape index (κ2) is 5.44. The van der Waals surface area contributed by atoms with Crippen LogP contribution in [0.2, 0.25) is 0 Å². The minimum absolute atomic E-state index is 0.0754. The highest BCUT2D eigenvalue weighted by molar-refractivity contribution is 5.53. The molecule has 0 aliphatic heterocycles. The van der Waals surface area contributed by atoms with Gasteiger partial charge in [-0.05, 0) is 28.1 Å². The Kier molecular flexibility index (Phi) is 3.55. The van der Waals surface area contributed by atoms with E-state index in [1.54, 1.807) is 0 Å². The van der Waals surface area contributed by atoms with Gasteiger partial charge in [-0.15, -0.1) is 0 Å². The zero-order chi connectivity index (χ0) is 17.5. The number of aryl methyl sites for hydroxylation is 1. The predicted octanol–water partition coefficient (Wildman–Crippen LogP) is 3.16. The summed E-state index contributed by atoms with van der Waals surface area (Å²) in [7, 11) is 0. The fourth-order valence-electron chi connectivity index (χ4n) is 1.99. The fourth-order valence-corrected chi connectivity index (χ4v) is 1.99. The van der Waals surface area contributed by atoms with Crippen LogP contribution in [0.1, 0.15) is 11.5 Å². The third-order valence-corrected chi connectivity index (χ3v) is 3.05. The molecule has 11 heteroatoms. The molecule has 0 aliphatic rings. The molecule has 3 heterocycles. The van der Waals surface area contributed by atoms with Crippen molar-refractivity contribution in [2.45, 2.75) is 13.1 Å². The minimum Gasteiger partial charge on any atom is -0.463 e. The van der Waals surface area contributed by atoms with Crippen LogP contribution in [0.4, 0.5) is 19.0 Å². The van der Waals surface area contributed by atoms with Gasteiger partial charge in [0.05, 0.1) is 6.26 Å². The molecule has 124 valence electrons. The van der Waals surface area contributed by atoms with Gasteiger partial charge in [0.1, 0.15) is 11.9 Å². The molecule has 0 atom stereocenters. The summed E-state index contributed by atoms with van der Waals surface area (Å²) in [5, 5.41) is 10.8. The van der Waals surface area contributed by atoms with Crippen molar-refractivity contribution in [3.63, 3.8) is 0 Å². The molecule has 0 radical (unpaired) electrons. The number of nitro groups is 1. The van der Waals surface area contributed by atoms with Crippen molar-refractivity contribution < 1.29 is 22.5 Å². The molecular weight excluding hydrogens is 331 g/mol. The average Bonchev–Trinajstić information content (AvgIpc) is 3.15. The van der Waals surface area contributed by atoms with E-state index < -0.39 is 28.6 Å². The Morgan fingerprint density at radius 3 is 2.58 bits per heavy atom. The van der Waals surface area contributed by atoms with E-state index in [9.17, 15) is 23.3 Å². The molecule has 8 nitrogen and oxygen atoms in total. The summed E-state index contributed by atoms with van der Waals surface area (Å²) in [6.45, 7) is 1.39. The SMILES string of the molecule is Cc1nc([N+](=O)[O-])cn1-c1nc(-c2ccco2)cc(C(F)(F)F)n1. The number of rotatable bonds is 3. The van der Waals surface area contributed by atoms with Gasteiger partial charge in [0, 0.05) is 6.92 Å². The number of furan rings is 1. The molecule has 0 unspecified atom stereocenters. The minimum atomic E-state index is -4.72. The molecule has 0 saturated carbocycles. The van der Waals surface area contributed by atoms with Crippen LogP contribution in [-0.4, -0.2) is 24.4 Å². The molecule has 3 aromatic heterocycles. The van der Waals surface area contributed by atoms with Gasteiger partial charge in [-0.1, -0.05) is 0 Å². The lowest BCUT2D eigenvalue weighted by molar-refractivity contribution is -0.389. The summed E-state index contributed by atoms with van der Waals surface area (Å²) in [6.07, 6.45) is -2.48. The van der Waals surface area contributed by atoms with E-state index in [0.29, 0.717) is 0 Å². The van der Waals surface area contributed by atoms with E-state index >= 15 is 0 Å². The van der Waals surface area contributed by atoms with Crippen molar-refractivity contribution in [1.29, 1.82) is 0 Å². The summed E-state index contributed by atoms with van der Waals surface area (Å²) in [5.74, 6) is -0.731. The summed E-state index contributed by atoms with van der Waals surface area (Å²) in [4.78, 5) is 21.1. The molecule has 0 N–H and O–H groups in total. The summed E-state index contributed by atoms with van der Waals surface area (Å²) in [5.41, 5.74) is -1.30. The number of imidazole rings is 1. The van der Waals surface area contributed by atoms with E-state index in [1.807, 2.05) is 0 Å². The third kappa shape index (κ3) is 2.83. The number of hydrogen-bond acceptors (Lipinski definition) is 6. The van der Waals surface area contributed by atoms with Gasteiger partial charge in [0.2, 0.25) is 11.8 Å². The first-order chi connectivity index (χ1) is 11.3. The molecule has 0 fully saturated rings. The van der Waals surface area contributed by atoms with Gasteiger partial charge in [-0.2, -0.15) is 13.2 Å². The Balaban J connectivity index is 2.20. The van der Waals surface area contributed by atoms with E-state index in [2.05, 4.69) is 15.0 Å². The molecule has 0 amide bonds. The van der Waals surface area contributed by atoms with Crippen molar-refractivity contribution in [3.05, 3.63) is 52.3 Å². The van der Waals surface area contributed by atoms with Gasteiger partial charge in [-0.25, -0.2) is 14.5 Å². The van der Waals surface area contributed by atoms with E-state index in [0.717, 1.165) is 16.8 Å². The Labute approximate surface area is 131 Å². The van der Waals surface area contributed by atoms with Crippen LogP contribution in [0.15, 0.2) is 35.1 Å². The van der Waals surface area contributed by atoms with Gasteiger partial charge in [0.15, 0.2) is 11.5 Å². The molecule has 0 aromatic carbocycles. The lowest BCUT2D eigenvalue weighted by Crippen LogP contribution is -2.13. The smallest absolute Gasteiger partial charge is 0.433 e. The number of alkyl halides is 3. The van der Waals surface area contributed by atoms with Crippen LogP contribution in [-0.2, 0) is 6.18 Å². The first-order valence-corrected chi connectivity index (χ1v) is 6.46. The number of nitrogens with zero attached hydrogens (tertiary/aromatic N) is 5. The van der Waals surface area contributed by atoms with Gasteiger partial charge >= 0.3 is 12.0 Å². The summed E-state index contributed by atoms with van der Waals surface area (Å²) in [6, 6.07) is 3.68. The monoisotopic (exact) mass is 339 g/mol. The summed E-state index contributed by atoms with van der Waals surface area (Å²) < 4.78 is 45.3. The second-order valence-electron chi connectivity index (χ2n) is 4.69. The number of hydrogen-bond donors (Lipinski definition) is 0. The maximum atomic E-state index is 13.1. The van der Waals surface area contributed by atoms with Crippen LogP contribution in [0.5, 0.6) is 0 Å². The predicted molar refractivity (Wildman–Crippen MR) is 73.2 cm³/mol. The van der Waals surface area contributed by atoms with Crippen molar-refractivity contribution in [1.82, 2.24) is 19.5 Å². The van der Waals surface area contributed by atoms with E-state index in [-0.39, 0.29) is 17.3 Å². The number of aromatic nitrogens is 4. The largest absolute Gasteiger partial charge is 0.463 e. The van der Waals surface area contributed by atoms with Crippen molar-refractivity contribution >= 4 is 5.82 Å². The average molecular weight is 339 g/mol. The highest BCUT2D eigenvalue weighted by Crippen LogP contribution is 2.31. The van der Waals surface area contributed by atoms with E-state index in [1.165, 1.54) is 25.3 Å². The number of halogens is 3. The third-order valence-electron chi connectivity index (χ3n) is 3.05. The van der Waals surface area contributed by atoms with Crippen LogP contribution in [0.3, 0.4) is 0 Å². The summed E-state index contributed by atoms with van der Waals surface area (Å²) >= 11 is 0. The Morgan fingerprint density at radius 2 is 2.04 bits per heavy atom. The quantitative estimate of drug-likeness (QED) is 0.537. The molecule has 24 heavy (non-hydrogen) atoms. The Bertz CT molecular complexity index is 902. The maximum Gasteiger partial charge on any atom is 0.433 e. The van der Waals surface area contributed by atoms with Gasteiger partial charge < -0.3 is 14.5 Å². The first-order valence-electron chi connectivity index (χ1n) is 6.46. The molecule has 0 bridgehead atoms. The molecule has 3 aromatic rings. The second-order valence-corrected chi connectivity index (χ2v) is 4.69. The zero-order valence-corrected chi connectivity index (χ0v) is 12.0. The highest BCUT2D eigenvalue weighted by atomic mass is 19.4. The highest BCUT2D eigenvalue weighted by Gasteiger charge is 2.34. The van der Waals surface area contributed by atoms with Crippen molar-refractivity contribution in [2.24, 2.45) is 0 Å². The van der Waals surface area contributed by atoms with Gasteiger partial charge in [0.25, 0.3) is 0 Å². The van der Waals surface area contributed by atoms with Crippen LogP contribution in [0, 0.1) is 17.0 Å². The maximum absolute atomic E-state index is 13.1. The topological polar surface area (TPSA) is 99.9 Å². The van der Waals surface area contributed by atoms with Gasteiger partial charge in [-0.3, -0.25) is 0 Å². The standard InChI is InChI=1S/C13H8F3N5O3/c1-7-17-11(21(22)23)6-20(7)12-18-8(9-3-2-4-24-9)5-10(19-12)13(14,15)16/h2-6H,1H3. The van der Waals surface area contributed by atoms with Crippen LogP contribution in [0.25, 0.3) is 17.4 Å². The van der Waals surface area contributed by atoms with Crippen molar-refractivity contribution in [3.8, 4) is 17.4 Å². The molecule has 3 rings (SSSR count). The van der Waals surface area contributed by atoms with Crippen molar-refractivity contribution in [2.75, 3.05) is 0 Å². The normalized spacial score (nSPS) is 11.7. The fraction of sp³-hybridized carbons (Fsp3) is 0.154. The molecule has 0 spiro atoms. The molecule has 0 aliphatic carbocycles. The Hall–Kier alpha value is -3.24. The van der Waals surface area contributed by atoms with Crippen LogP contribution >= 0.6 is 0 Å². The first kappa shape index (κ1) is 15.6. The van der Waals surface area contributed by atoms with Crippen LogP contribution < -0.4 is 0 Å². The molecular formula is C13H8F3N5O3. The lowest BCUT2D eigenvalue weighted by Gasteiger charge is -2.09. The molecule has 0 saturated heterocycles. The lowest BCUT2D eigenvalue weighted by atomic mass is 10.2. The Morgan fingerprint density at radius 1 is 1.29 bits per heavy atom. The van der Waals surface area contributed by atoms with E-state index in [4.69, 9.17) is 4.42 Å².